The Balaban J connectivity index is 2.09. The standard InChI is InChI=1S/C19H14ClN3O5/c1-2-28-19(25)17-16(18(24)12-6-8-13(20)9-7-12)11-22(21-17)14-4-3-5-15(10-14)23(26)27/h3-11H,2H2,1H3. The van der Waals surface area contributed by atoms with E-state index >= 15 is 0 Å². The molecule has 3 rings (SSSR count). The van der Waals surface area contributed by atoms with E-state index in [1.54, 1.807) is 25.1 Å². The summed E-state index contributed by atoms with van der Waals surface area (Å²) < 4.78 is 6.23. The Kier molecular flexibility index (Phi) is 5.51. The fraction of sp³-hybridized carbons (Fsp3) is 0.105. The number of aromatic nitrogens is 2. The number of rotatable bonds is 6. The molecule has 0 unspecified atom stereocenters. The summed E-state index contributed by atoms with van der Waals surface area (Å²) in [5.74, 6) is -1.21. The zero-order valence-electron chi connectivity index (χ0n) is 14.7. The Morgan fingerprint density at radius 3 is 2.57 bits per heavy atom. The van der Waals surface area contributed by atoms with Gasteiger partial charge >= 0.3 is 5.97 Å². The van der Waals surface area contributed by atoms with Gasteiger partial charge in [0.25, 0.3) is 5.69 Å². The van der Waals surface area contributed by atoms with Crippen LogP contribution in [-0.4, -0.2) is 33.1 Å². The van der Waals surface area contributed by atoms with Gasteiger partial charge < -0.3 is 4.74 Å². The predicted molar refractivity (Wildman–Crippen MR) is 101 cm³/mol. The van der Waals surface area contributed by atoms with Crippen LogP contribution in [0.25, 0.3) is 5.69 Å². The van der Waals surface area contributed by atoms with Gasteiger partial charge in [0.05, 0.1) is 22.8 Å². The van der Waals surface area contributed by atoms with Crippen molar-refractivity contribution in [2.45, 2.75) is 6.92 Å². The van der Waals surface area contributed by atoms with Gasteiger partial charge in [0.15, 0.2) is 11.5 Å². The zero-order chi connectivity index (χ0) is 20.3. The molecular formula is C19H14ClN3O5. The molecular weight excluding hydrogens is 386 g/mol. The van der Waals surface area contributed by atoms with Gasteiger partial charge in [-0.05, 0) is 37.3 Å². The van der Waals surface area contributed by atoms with Gasteiger partial charge in [-0.2, -0.15) is 5.10 Å². The van der Waals surface area contributed by atoms with Gasteiger partial charge in [0, 0.05) is 28.9 Å². The van der Waals surface area contributed by atoms with Crippen molar-refractivity contribution >= 4 is 29.0 Å². The van der Waals surface area contributed by atoms with Crippen LogP contribution >= 0.6 is 11.6 Å². The highest BCUT2D eigenvalue weighted by Gasteiger charge is 2.25. The number of esters is 1. The van der Waals surface area contributed by atoms with Crippen LogP contribution in [0.15, 0.2) is 54.7 Å². The average Bonchev–Trinajstić information content (AvgIpc) is 3.14. The number of nitro benzene ring substituents is 1. The normalized spacial score (nSPS) is 10.5. The van der Waals surface area contributed by atoms with Gasteiger partial charge in [-0.15, -0.1) is 0 Å². The maximum absolute atomic E-state index is 12.9. The second-order valence-electron chi connectivity index (χ2n) is 5.67. The van der Waals surface area contributed by atoms with Crippen LogP contribution in [0.2, 0.25) is 5.02 Å². The largest absolute Gasteiger partial charge is 0.461 e. The highest BCUT2D eigenvalue weighted by Crippen LogP contribution is 2.21. The minimum Gasteiger partial charge on any atom is -0.461 e. The monoisotopic (exact) mass is 399 g/mol. The summed E-state index contributed by atoms with van der Waals surface area (Å²) >= 11 is 5.85. The molecule has 0 N–H and O–H groups in total. The molecule has 0 saturated carbocycles. The van der Waals surface area contributed by atoms with E-state index in [1.165, 1.54) is 41.2 Å². The summed E-state index contributed by atoms with van der Waals surface area (Å²) in [4.78, 5) is 35.7. The van der Waals surface area contributed by atoms with Crippen LogP contribution in [0.4, 0.5) is 5.69 Å². The first-order valence-electron chi connectivity index (χ1n) is 8.22. The van der Waals surface area contributed by atoms with E-state index in [1.807, 2.05) is 0 Å². The molecule has 8 nitrogen and oxygen atoms in total. The Morgan fingerprint density at radius 1 is 1.21 bits per heavy atom. The molecule has 0 radical (unpaired) electrons. The van der Waals surface area contributed by atoms with E-state index in [0.717, 1.165) is 0 Å². The summed E-state index contributed by atoms with van der Waals surface area (Å²) in [6, 6.07) is 11.9. The molecule has 0 saturated heterocycles. The van der Waals surface area contributed by atoms with Gasteiger partial charge in [0.1, 0.15) is 0 Å². The highest BCUT2D eigenvalue weighted by molar-refractivity contribution is 6.30. The Morgan fingerprint density at radius 2 is 1.93 bits per heavy atom. The number of hydrogen-bond donors (Lipinski definition) is 0. The third-order valence-electron chi connectivity index (χ3n) is 3.84. The van der Waals surface area contributed by atoms with E-state index in [9.17, 15) is 19.7 Å². The topological polar surface area (TPSA) is 104 Å². The van der Waals surface area contributed by atoms with Gasteiger partial charge in [-0.3, -0.25) is 14.9 Å². The number of halogens is 1. The van der Waals surface area contributed by atoms with Crippen LogP contribution < -0.4 is 0 Å². The molecule has 2 aromatic carbocycles. The molecule has 0 aliphatic heterocycles. The molecule has 1 heterocycles. The van der Waals surface area contributed by atoms with Gasteiger partial charge in [-0.1, -0.05) is 17.7 Å². The van der Waals surface area contributed by atoms with Crippen molar-refractivity contribution in [2.75, 3.05) is 6.61 Å². The first-order valence-corrected chi connectivity index (χ1v) is 8.60. The van der Waals surface area contributed by atoms with Crippen molar-refractivity contribution in [3.8, 4) is 5.69 Å². The fourth-order valence-corrected chi connectivity index (χ4v) is 2.65. The second-order valence-corrected chi connectivity index (χ2v) is 6.11. The first-order chi connectivity index (χ1) is 13.4. The van der Waals surface area contributed by atoms with E-state index in [0.29, 0.717) is 16.3 Å². The lowest BCUT2D eigenvalue weighted by molar-refractivity contribution is -0.384. The molecule has 0 spiro atoms. The van der Waals surface area contributed by atoms with E-state index < -0.39 is 16.7 Å². The van der Waals surface area contributed by atoms with E-state index in [-0.39, 0.29) is 23.6 Å². The van der Waals surface area contributed by atoms with Crippen LogP contribution in [0.5, 0.6) is 0 Å². The average molecular weight is 400 g/mol. The minimum absolute atomic E-state index is 0.0206. The molecule has 142 valence electrons. The number of ether oxygens (including phenoxy) is 1. The second kappa shape index (κ2) is 8.01. The quantitative estimate of drug-likeness (QED) is 0.270. The molecule has 0 bridgehead atoms. The Hall–Kier alpha value is -3.52. The van der Waals surface area contributed by atoms with Crippen LogP contribution in [0, 0.1) is 10.1 Å². The van der Waals surface area contributed by atoms with E-state index in [2.05, 4.69) is 5.10 Å². The lowest BCUT2D eigenvalue weighted by Gasteiger charge is -2.02. The van der Waals surface area contributed by atoms with Crippen molar-refractivity contribution in [3.05, 3.63) is 86.7 Å². The summed E-state index contributed by atoms with van der Waals surface area (Å²) in [5, 5.41) is 15.6. The number of carbonyl (C=O) groups excluding carboxylic acids is 2. The van der Waals surface area contributed by atoms with Crippen LogP contribution in [-0.2, 0) is 4.74 Å². The summed E-state index contributed by atoms with van der Waals surface area (Å²) in [6.45, 7) is 1.74. The molecule has 3 aromatic rings. The number of nitrogens with zero attached hydrogens (tertiary/aromatic N) is 3. The van der Waals surface area contributed by atoms with Crippen molar-refractivity contribution < 1.29 is 19.2 Å². The lowest BCUT2D eigenvalue weighted by atomic mass is 10.0. The number of hydrogen-bond acceptors (Lipinski definition) is 6. The number of carbonyl (C=O) groups is 2. The Labute approximate surface area is 164 Å². The molecule has 0 atom stereocenters. The first kappa shape index (κ1) is 19.2. The summed E-state index contributed by atoms with van der Waals surface area (Å²) in [7, 11) is 0. The Bertz CT molecular complexity index is 1060. The summed E-state index contributed by atoms with van der Waals surface area (Å²) in [6.07, 6.45) is 1.35. The van der Waals surface area contributed by atoms with Gasteiger partial charge in [-0.25, -0.2) is 9.48 Å². The van der Waals surface area contributed by atoms with Crippen molar-refractivity contribution in [1.29, 1.82) is 0 Å². The molecule has 0 aliphatic rings. The molecule has 28 heavy (non-hydrogen) atoms. The molecule has 0 fully saturated rings. The van der Waals surface area contributed by atoms with E-state index in [4.69, 9.17) is 16.3 Å². The number of benzene rings is 2. The molecule has 1 aromatic heterocycles. The third-order valence-corrected chi connectivity index (χ3v) is 4.09. The SMILES string of the molecule is CCOC(=O)c1nn(-c2cccc([N+](=O)[O-])c2)cc1C(=O)c1ccc(Cl)cc1. The number of nitro groups is 1. The summed E-state index contributed by atoms with van der Waals surface area (Å²) in [5.41, 5.74) is 0.347. The fourth-order valence-electron chi connectivity index (χ4n) is 2.53. The molecule has 0 aliphatic carbocycles. The number of non-ortho nitro benzene ring substituents is 1. The van der Waals surface area contributed by atoms with Crippen LogP contribution in [0.1, 0.15) is 33.3 Å². The maximum Gasteiger partial charge on any atom is 0.359 e. The zero-order valence-corrected chi connectivity index (χ0v) is 15.4. The van der Waals surface area contributed by atoms with Gasteiger partial charge in [0.2, 0.25) is 0 Å². The van der Waals surface area contributed by atoms with Crippen LogP contribution in [0.3, 0.4) is 0 Å². The smallest absolute Gasteiger partial charge is 0.359 e. The molecule has 9 heteroatoms. The maximum atomic E-state index is 12.9. The highest BCUT2D eigenvalue weighted by atomic mass is 35.5. The third kappa shape index (κ3) is 3.91. The minimum atomic E-state index is -0.760. The molecule has 0 amide bonds. The van der Waals surface area contributed by atoms with Crippen molar-refractivity contribution in [3.63, 3.8) is 0 Å². The number of ketones is 1. The predicted octanol–water partition coefficient (Wildman–Crippen LogP) is 3.84. The lowest BCUT2D eigenvalue weighted by Crippen LogP contribution is -2.12. The van der Waals surface area contributed by atoms with Crippen molar-refractivity contribution in [2.24, 2.45) is 0 Å². The van der Waals surface area contributed by atoms with Crippen molar-refractivity contribution in [1.82, 2.24) is 9.78 Å².